The first-order valence-corrected chi connectivity index (χ1v) is 8.16. The van der Waals surface area contributed by atoms with Gasteiger partial charge in [-0.15, -0.1) is 0 Å². The van der Waals surface area contributed by atoms with Gasteiger partial charge in [0.05, 0.1) is 24.5 Å². The molecule has 0 aromatic heterocycles. The zero-order chi connectivity index (χ0) is 19.0. The Morgan fingerprint density at radius 1 is 1.24 bits per heavy atom. The number of para-hydroxylation sites is 1. The van der Waals surface area contributed by atoms with E-state index in [1.807, 2.05) is 13.0 Å². The van der Waals surface area contributed by atoms with E-state index in [1.165, 1.54) is 20.8 Å². The van der Waals surface area contributed by atoms with Gasteiger partial charge in [0, 0.05) is 19.0 Å². The van der Waals surface area contributed by atoms with Crippen LogP contribution in [0, 0.1) is 5.41 Å². The fourth-order valence-electron chi connectivity index (χ4n) is 2.19. The average Bonchev–Trinajstić information content (AvgIpc) is 2.53. The van der Waals surface area contributed by atoms with Gasteiger partial charge in [-0.1, -0.05) is 18.2 Å². The Bertz CT molecular complexity index is 628. The van der Waals surface area contributed by atoms with E-state index in [1.54, 1.807) is 18.2 Å². The van der Waals surface area contributed by atoms with Gasteiger partial charge in [-0.05, 0) is 26.8 Å². The van der Waals surface area contributed by atoms with Crippen molar-refractivity contribution in [3.63, 3.8) is 0 Å². The zero-order valence-corrected chi connectivity index (χ0v) is 15.1. The minimum Gasteiger partial charge on any atom is -0.494 e. The van der Waals surface area contributed by atoms with E-state index in [2.05, 4.69) is 10.6 Å². The molecule has 3 N–H and O–H groups in total. The van der Waals surface area contributed by atoms with Crippen molar-refractivity contribution >= 4 is 17.8 Å². The van der Waals surface area contributed by atoms with Crippen LogP contribution in [-0.4, -0.2) is 36.0 Å². The van der Waals surface area contributed by atoms with Gasteiger partial charge in [-0.3, -0.25) is 14.4 Å². The number of carbonyl (C=O) groups is 3. The highest BCUT2D eigenvalue weighted by Gasteiger charge is 2.28. The van der Waals surface area contributed by atoms with E-state index < -0.39 is 17.4 Å². The SMILES string of the molecule is CCOc1ccccc1C(CC(=O)NCC(C)(C)C(=O)O)NC(C)=O. The number of benzene rings is 1. The van der Waals surface area contributed by atoms with Crippen LogP contribution >= 0.6 is 0 Å². The van der Waals surface area contributed by atoms with Crippen LogP contribution in [0.3, 0.4) is 0 Å². The molecule has 7 heteroatoms. The average molecular weight is 350 g/mol. The van der Waals surface area contributed by atoms with Crippen LogP contribution in [0.25, 0.3) is 0 Å². The van der Waals surface area contributed by atoms with Gasteiger partial charge < -0.3 is 20.5 Å². The number of nitrogens with one attached hydrogen (secondary N) is 2. The molecule has 1 unspecified atom stereocenters. The highest BCUT2D eigenvalue weighted by molar-refractivity contribution is 5.80. The third-order valence-corrected chi connectivity index (χ3v) is 3.67. The van der Waals surface area contributed by atoms with Gasteiger partial charge in [-0.25, -0.2) is 0 Å². The van der Waals surface area contributed by atoms with E-state index in [9.17, 15) is 14.4 Å². The number of carboxylic acids is 1. The summed E-state index contributed by atoms with van der Waals surface area (Å²) in [7, 11) is 0. The van der Waals surface area contributed by atoms with Crippen LogP contribution in [0.2, 0.25) is 0 Å². The molecule has 7 nitrogen and oxygen atoms in total. The molecule has 0 spiro atoms. The third-order valence-electron chi connectivity index (χ3n) is 3.67. The van der Waals surface area contributed by atoms with Gasteiger partial charge in [0.1, 0.15) is 5.75 Å². The largest absolute Gasteiger partial charge is 0.494 e. The minimum absolute atomic E-state index is 0.00106. The normalized spacial score (nSPS) is 12.2. The van der Waals surface area contributed by atoms with Crippen molar-refractivity contribution in [1.82, 2.24) is 10.6 Å². The van der Waals surface area contributed by atoms with Gasteiger partial charge >= 0.3 is 5.97 Å². The second-order valence-corrected chi connectivity index (χ2v) is 6.39. The predicted molar refractivity (Wildman–Crippen MR) is 93.2 cm³/mol. The Labute approximate surface area is 147 Å². The maximum absolute atomic E-state index is 12.3. The molecular weight excluding hydrogens is 324 g/mol. The number of aliphatic carboxylic acids is 1. The maximum atomic E-state index is 12.3. The molecule has 0 saturated heterocycles. The Hall–Kier alpha value is -2.57. The fourth-order valence-corrected chi connectivity index (χ4v) is 2.19. The summed E-state index contributed by atoms with van der Waals surface area (Å²) in [6.45, 7) is 6.76. The van der Waals surface area contributed by atoms with E-state index in [0.29, 0.717) is 17.9 Å². The van der Waals surface area contributed by atoms with Gasteiger partial charge in [0.2, 0.25) is 11.8 Å². The molecule has 0 aliphatic rings. The predicted octanol–water partition coefficient (Wildman–Crippen LogP) is 1.88. The molecular formula is C18H26N2O5. The van der Waals surface area contributed by atoms with Crippen molar-refractivity contribution in [3.05, 3.63) is 29.8 Å². The van der Waals surface area contributed by atoms with E-state index in [4.69, 9.17) is 9.84 Å². The summed E-state index contributed by atoms with van der Waals surface area (Å²) in [6, 6.07) is 6.62. The molecule has 0 heterocycles. The van der Waals surface area contributed by atoms with Gasteiger partial charge in [0.25, 0.3) is 0 Å². The lowest BCUT2D eigenvalue weighted by Crippen LogP contribution is -2.40. The lowest BCUT2D eigenvalue weighted by Gasteiger charge is -2.23. The zero-order valence-electron chi connectivity index (χ0n) is 15.1. The van der Waals surface area contributed by atoms with Crippen molar-refractivity contribution in [2.75, 3.05) is 13.2 Å². The molecule has 1 rings (SSSR count). The van der Waals surface area contributed by atoms with Crippen molar-refractivity contribution in [3.8, 4) is 5.75 Å². The molecule has 1 atom stereocenters. The summed E-state index contributed by atoms with van der Waals surface area (Å²) in [5.41, 5.74) is -0.366. The van der Waals surface area contributed by atoms with E-state index in [-0.39, 0.29) is 24.8 Å². The standard InChI is InChI=1S/C18H26N2O5/c1-5-25-15-9-7-6-8-13(15)14(20-12(2)21)10-16(22)19-11-18(3,4)17(23)24/h6-9,14H,5,10-11H2,1-4H3,(H,19,22)(H,20,21)(H,23,24). The first-order valence-electron chi connectivity index (χ1n) is 8.16. The van der Waals surface area contributed by atoms with Crippen molar-refractivity contribution in [2.45, 2.75) is 40.2 Å². The minimum atomic E-state index is -1.07. The van der Waals surface area contributed by atoms with E-state index >= 15 is 0 Å². The van der Waals surface area contributed by atoms with Crippen LogP contribution in [0.15, 0.2) is 24.3 Å². The molecule has 25 heavy (non-hydrogen) atoms. The van der Waals surface area contributed by atoms with Gasteiger partial charge in [0.15, 0.2) is 0 Å². The number of hydrogen-bond donors (Lipinski definition) is 3. The molecule has 138 valence electrons. The highest BCUT2D eigenvalue weighted by atomic mass is 16.5. The number of rotatable bonds is 9. The summed E-state index contributed by atoms with van der Waals surface area (Å²) in [4.78, 5) is 34.9. The quantitative estimate of drug-likeness (QED) is 0.631. The van der Waals surface area contributed by atoms with Gasteiger partial charge in [-0.2, -0.15) is 0 Å². The number of carbonyl (C=O) groups excluding carboxylic acids is 2. The highest BCUT2D eigenvalue weighted by Crippen LogP contribution is 2.27. The van der Waals surface area contributed by atoms with Crippen molar-refractivity contribution in [2.24, 2.45) is 5.41 Å². The maximum Gasteiger partial charge on any atom is 0.310 e. The molecule has 0 bridgehead atoms. The molecule has 0 radical (unpaired) electrons. The first-order chi connectivity index (χ1) is 11.7. The van der Waals surface area contributed by atoms with Crippen LogP contribution < -0.4 is 15.4 Å². The summed E-state index contributed by atoms with van der Waals surface area (Å²) < 4.78 is 5.57. The summed E-state index contributed by atoms with van der Waals surface area (Å²) in [5, 5.41) is 14.5. The first kappa shape index (κ1) is 20.5. The Morgan fingerprint density at radius 2 is 1.88 bits per heavy atom. The van der Waals surface area contributed by atoms with Crippen LogP contribution in [-0.2, 0) is 14.4 Å². The molecule has 0 saturated carbocycles. The van der Waals surface area contributed by atoms with Crippen molar-refractivity contribution in [1.29, 1.82) is 0 Å². The molecule has 1 aromatic carbocycles. The number of amides is 2. The lowest BCUT2D eigenvalue weighted by molar-refractivity contribution is -0.146. The monoisotopic (exact) mass is 350 g/mol. The second-order valence-electron chi connectivity index (χ2n) is 6.39. The Kier molecular flexibility index (Phi) is 7.42. The smallest absolute Gasteiger partial charge is 0.310 e. The van der Waals surface area contributed by atoms with E-state index in [0.717, 1.165) is 0 Å². The Balaban J connectivity index is 2.88. The van der Waals surface area contributed by atoms with Crippen LogP contribution in [0.4, 0.5) is 0 Å². The third kappa shape index (κ3) is 6.45. The summed E-state index contributed by atoms with van der Waals surface area (Å²) in [5.74, 6) is -1.01. The number of ether oxygens (including phenoxy) is 1. The summed E-state index contributed by atoms with van der Waals surface area (Å²) in [6.07, 6.45) is -0.0145. The number of hydrogen-bond acceptors (Lipinski definition) is 4. The summed E-state index contributed by atoms with van der Waals surface area (Å²) >= 11 is 0. The Morgan fingerprint density at radius 3 is 2.44 bits per heavy atom. The molecule has 0 fully saturated rings. The molecule has 2 amide bonds. The lowest BCUT2D eigenvalue weighted by atomic mass is 9.93. The molecule has 0 aliphatic carbocycles. The van der Waals surface area contributed by atoms with Crippen LogP contribution in [0.1, 0.15) is 45.7 Å². The molecule has 1 aromatic rings. The van der Waals surface area contributed by atoms with Crippen molar-refractivity contribution < 1.29 is 24.2 Å². The second kappa shape index (κ2) is 9.05. The van der Waals surface area contributed by atoms with Crippen LogP contribution in [0.5, 0.6) is 5.75 Å². The molecule has 0 aliphatic heterocycles. The fraction of sp³-hybridized carbons (Fsp3) is 0.500. The number of carboxylic acid groups (broad SMARTS) is 1. The topological polar surface area (TPSA) is 105 Å².